The van der Waals surface area contributed by atoms with Gasteiger partial charge >= 0.3 is 0 Å². The Bertz CT molecular complexity index is 1370. The summed E-state index contributed by atoms with van der Waals surface area (Å²) in [4.78, 5) is 30.3. The molecule has 0 saturated carbocycles. The number of nitrogens with one attached hydrogen (secondary N) is 1. The molecule has 1 aliphatic heterocycles. The van der Waals surface area contributed by atoms with Crippen molar-refractivity contribution >= 4 is 17.5 Å². The van der Waals surface area contributed by atoms with Gasteiger partial charge in [-0.2, -0.15) is 5.10 Å². The number of anilines is 1. The molecule has 0 unspecified atom stereocenters. The quantitative estimate of drug-likeness (QED) is 0.428. The molecule has 2 amide bonds. The Labute approximate surface area is 217 Å². The zero-order valence-electron chi connectivity index (χ0n) is 21.2. The van der Waals surface area contributed by atoms with Gasteiger partial charge in [-0.05, 0) is 37.1 Å². The van der Waals surface area contributed by atoms with E-state index in [9.17, 15) is 9.59 Å². The Morgan fingerprint density at radius 3 is 2.08 bits per heavy atom. The summed E-state index contributed by atoms with van der Waals surface area (Å²) in [5, 5.41) is 7.84. The van der Waals surface area contributed by atoms with Crippen LogP contribution in [0, 0.1) is 13.8 Å². The number of para-hydroxylation sites is 2. The van der Waals surface area contributed by atoms with E-state index >= 15 is 0 Å². The molecule has 7 nitrogen and oxygen atoms in total. The summed E-state index contributed by atoms with van der Waals surface area (Å²) >= 11 is 0. The van der Waals surface area contributed by atoms with Crippen molar-refractivity contribution in [2.75, 3.05) is 38.0 Å². The molecule has 0 radical (unpaired) electrons. The molecule has 3 aromatic carbocycles. The van der Waals surface area contributed by atoms with E-state index in [1.165, 1.54) is 0 Å². The van der Waals surface area contributed by atoms with Crippen LogP contribution in [0.4, 0.5) is 5.69 Å². The highest BCUT2D eigenvalue weighted by molar-refractivity contribution is 6.00. The van der Waals surface area contributed by atoms with Crippen LogP contribution in [-0.2, 0) is 4.79 Å². The minimum atomic E-state index is -0.0410. The standard InChI is InChI=1S/C30H31N5O2/c1-22-10-9-11-23(2)28(22)31-27(36)21-33-16-18-34(19-17-33)30(37)26-20-35(25-14-7-4-8-15-25)32-29(26)24-12-5-3-6-13-24/h3-15,20H,16-19,21H2,1-2H3,(H,31,36). The number of rotatable bonds is 6. The Hall–Kier alpha value is -4.23. The summed E-state index contributed by atoms with van der Waals surface area (Å²) < 4.78 is 1.77. The normalized spacial score (nSPS) is 13.9. The molecule has 1 aliphatic rings. The zero-order chi connectivity index (χ0) is 25.8. The maximum absolute atomic E-state index is 13.7. The van der Waals surface area contributed by atoms with Crippen molar-refractivity contribution in [2.24, 2.45) is 0 Å². The summed E-state index contributed by atoms with van der Waals surface area (Å²) in [5.74, 6) is -0.0756. The third-order valence-corrected chi connectivity index (χ3v) is 6.78. The molecule has 2 heterocycles. The average Bonchev–Trinajstić information content (AvgIpc) is 3.38. The predicted molar refractivity (Wildman–Crippen MR) is 146 cm³/mol. The van der Waals surface area contributed by atoms with Gasteiger partial charge in [0.2, 0.25) is 5.91 Å². The zero-order valence-corrected chi connectivity index (χ0v) is 21.2. The Balaban J connectivity index is 1.27. The molecule has 5 rings (SSSR count). The first-order chi connectivity index (χ1) is 18.0. The number of aromatic nitrogens is 2. The number of hydrogen-bond acceptors (Lipinski definition) is 4. The first-order valence-corrected chi connectivity index (χ1v) is 12.6. The van der Waals surface area contributed by atoms with E-state index < -0.39 is 0 Å². The first kappa shape index (κ1) is 24.5. The van der Waals surface area contributed by atoms with Gasteiger partial charge in [0.1, 0.15) is 5.69 Å². The van der Waals surface area contributed by atoms with Gasteiger partial charge in [0, 0.05) is 43.6 Å². The van der Waals surface area contributed by atoms with Crippen molar-refractivity contribution < 1.29 is 9.59 Å². The van der Waals surface area contributed by atoms with E-state index in [-0.39, 0.29) is 11.8 Å². The lowest BCUT2D eigenvalue weighted by molar-refractivity contribution is -0.117. The average molecular weight is 494 g/mol. The minimum absolute atomic E-state index is 0.0346. The molecule has 0 spiro atoms. The number of carbonyl (C=O) groups excluding carboxylic acids is 2. The fourth-order valence-electron chi connectivity index (χ4n) is 4.73. The van der Waals surface area contributed by atoms with Crippen molar-refractivity contribution in [3.63, 3.8) is 0 Å². The highest BCUT2D eigenvalue weighted by Gasteiger charge is 2.27. The summed E-state index contributed by atoms with van der Waals surface area (Å²) in [7, 11) is 0. The van der Waals surface area contributed by atoms with E-state index in [1.807, 2.05) is 104 Å². The second-order valence-electron chi connectivity index (χ2n) is 9.42. The van der Waals surface area contributed by atoms with Crippen LogP contribution >= 0.6 is 0 Å². The second-order valence-corrected chi connectivity index (χ2v) is 9.42. The Morgan fingerprint density at radius 2 is 1.43 bits per heavy atom. The largest absolute Gasteiger partial charge is 0.336 e. The van der Waals surface area contributed by atoms with Crippen LogP contribution in [0.2, 0.25) is 0 Å². The molecule has 4 aromatic rings. The highest BCUT2D eigenvalue weighted by atomic mass is 16.2. The van der Waals surface area contributed by atoms with Crippen LogP contribution < -0.4 is 5.32 Å². The van der Waals surface area contributed by atoms with Crippen LogP contribution in [0.5, 0.6) is 0 Å². The molecule has 0 aliphatic carbocycles. The molecule has 1 saturated heterocycles. The van der Waals surface area contributed by atoms with E-state index in [1.54, 1.807) is 4.68 Å². The van der Waals surface area contributed by atoms with E-state index in [0.717, 1.165) is 28.1 Å². The molecule has 7 heteroatoms. The van der Waals surface area contributed by atoms with Crippen LogP contribution in [0.15, 0.2) is 85.1 Å². The number of nitrogens with zero attached hydrogens (tertiary/aromatic N) is 4. The number of hydrogen-bond donors (Lipinski definition) is 1. The van der Waals surface area contributed by atoms with Crippen molar-refractivity contribution in [1.82, 2.24) is 19.6 Å². The summed E-state index contributed by atoms with van der Waals surface area (Å²) in [5.41, 5.74) is 6.04. The molecular formula is C30H31N5O2. The van der Waals surface area contributed by atoms with Crippen LogP contribution in [0.3, 0.4) is 0 Å². The summed E-state index contributed by atoms with van der Waals surface area (Å²) in [6.45, 7) is 6.68. The molecule has 1 fully saturated rings. The number of aryl methyl sites for hydroxylation is 2. The van der Waals surface area contributed by atoms with Gasteiger partial charge < -0.3 is 10.2 Å². The van der Waals surface area contributed by atoms with Crippen molar-refractivity contribution in [3.8, 4) is 16.9 Å². The number of benzene rings is 3. The maximum atomic E-state index is 13.7. The van der Waals surface area contributed by atoms with E-state index in [4.69, 9.17) is 5.10 Å². The third kappa shape index (κ3) is 5.47. The van der Waals surface area contributed by atoms with E-state index in [2.05, 4.69) is 10.2 Å². The van der Waals surface area contributed by atoms with Gasteiger partial charge in [-0.15, -0.1) is 0 Å². The van der Waals surface area contributed by atoms with Crippen LogP contribution in [0.1, 0.15) is 21.5 Å². The van der Waals surface area contributed by atoms with Crippen molar-refractivity contribution in [1.29, 1.82) is 0 Å². The topological polar surface area (TPSA) is 70.5 Å². The van der Waals surface area contributed by atoms with Gasteiger partial charge in [-0.3, -0.25) is 14.5 Å². The lowest BCUT2D eigenvalue weighted by Gasteiger charge is -2.34. The molecule has 1 aromatic heterocycles. The van der Waals surface area contributed by atoms with Gasteiger partial charge in [0.15, 0.2) is 0 Å². The van der Waals surface area contributed by atoms with Crippen molar-refractivity contribution in [3.05, 3.63) is 102 Å². The van der Waals surface area contributed by atoms with Gasteiger partial charge in [0.25, 0.3) is 5.91 Å². The summed E-state index contributed by atoms with van der Waals surface area (Å²) in [6.07, 6.45) is 1.82. The lowest BCUT2D eigenvalue weighted by Crippen LogP contribution is -2.50. The SMILES string of the molecule is Cc1cccc(C)c1NC(=O)CN1CCN(C(=O)c2cn(-c3ccccc3)nc2-c2ccccc2)CC1. The molecule has 37 heavy (non-hydrogen) atoms. The van der Waals surface area contributed by atoms with Gasteiger partial charge in [-0.25, -0.2) is 4.68 Å². The monoisotopic (exact) mass is 493 g/mol. The first-order valence-electron chi connectivity index (χ1n) is 12.6. The summed E-state index contributed by atoms with van der Waals surface area (Å²) in [6, 6.07) is 25.6. The smallest absolute Gasteiger partial charge is 0.257 e. The van der Waals surface area contributed by atoms with Crippen LogP contribution in [0.25, 0.3) is 16.9 Å². The van der Waals surface area contributed by atoms with Crippen molar-refractivity contribution in [2.45, 2.75) is 13.8 Å². The number of carbonyl (C=O) groups is 2. The predicted octanol–water partition coefficient (Wildman–Crippen LogP) is 4.55. The molecule has 188 valence electrons. The molecular weight excluding hydrogens is 462 g/mol. The number of piperazine rings is 1. The van der Waals surface area contributed by atoms with E-state index in [0.29, 0.717) is 44.0 Å². The van der Waals surface area contributed by atoms with Crippen LogP contribution in [-0.4, -0.2) is 64.1 Å². The fraction of sp³-hybridized carbons (Fsp3) is 0.233. The Kier molecular flexibility index (Phi) is 7.14. The van der Waals surface area contributed by atoms with Gasteiger partial charge in [-0.1, -0.05) is 66.7 Å². The molecule has 1 N–H and O–H groups in total. The number of amides is 2. The highest BCUT2D eigenvalue weighted by Crippen LogP contribution is 2.25. The second kappa shape index (κ2) is 10.8. The molecule has 0 bridgehead atoms. The fourth-order valence-corrected chi connectivity index (χ4v) is 4.73. The lowest BCUT2D eigenvalue weighted by atomic mass is 10.1. The maximum Gasteiger partial charge on any atom is 0.257 e. The minimum Gasteiger partial charge on any atom is -0.336 e. The Morgan fingerprint density at radius 1 is 0.811 bits per heavy atom. The molecule has 0 atom stereocenters. The third-order valence-electron chi connectivity index (χ3n) is 6.78. The van der Waals surface area contributed by atoms with Gasteiger partial charge in [0.05, 0.1) is 17.8 Å².